The summed E-state index contributed by atoms with van der Waals surface area (Å²) in [5.41, 5.74) is -0.584. The molecule has 0 bridgehead atoms. The highest BCUT2D eigenvalue weighted by Gasteiger charge is 2.47. The summed E-state index contributed by atoms with van der Waals surface area (Å²) < 4.78 is 65.2. The third-order valence-corrected chi connectivity index (χ3v) is 7.63. The first-order valence-corrected chi connectivity index (χ1v) is 11.5. The van der Waals surface area contributed by atoms with Gasteiger partial charge in [-0.2, -0.15) is 24.9 Å². The standard InChI is InChI=1S/C17H21F3N2O3S2/c18-17(19,20)15-4-2-1-3-12(15)13-11-14(13)16(23)21-5-10-27(24,25)22-6-8-26-9-7-22/h1-4,13-14H,5-11H2,(H,21,23). The number of nitrogens with one attached hydrogen (secondary N) is 1. The van der Waals surface area contributed by atoms with Crippen LogP contribution in [0.1, 0.15) is 23.5 Å². The fraction of sp³-hybridized carbons (Fsp3) is 0.588. The van der Waals surface area contributed by atoms with Gasteiger partial charge in [-0.15, -0.1) is 0 Å². The summed E-state index contributed by atoms with van der Waals surface area (Å²) in [7, 11) is -3.42. The minimum absolute atomic E-state index is 0.0328. The molecule has 27 heavy (non-hydrogen) atoms. The highest BCUT2D eigenvalue weighted by atomic mass is 32.2. The largest absolute Gasteiger partial charge is 0.416 e. The van der Waals surface area contributed by atoms with E-state index in [0.717, 1.165) is 17.6 Å². The molecule has 0 radical (unpaired) electrons. The molecule has 3 rings (SSSR count). The zero-order valence-corrected chi connectivity index (χ0v) is 16.2. The van der Waals surface area contributed by atoms with E-state index in [1.807, 2.05) is 0 Å². The van der Waals surface area contributed by atoms with E-state index in [-0.39, 0.29) is 23.8 Å². The Kier molecular flexibility index (Phi) is 6.07. The van der Waals surface area contributed by atoms with Crippen molar-refractivity contribution in [3.63, 3.8) is 0 Å². The summed E-state index contributed by atoms with van der Waals surface area (Å²) in [5, 5.41) is 2.57. The number of hydrogen-bond acceptors (Lipinski definition) is 4. The maximum Gasteiger partial charge on any atom is 0.416 e. The van der Waals surface area contributed by atoms with Gasteiger partial charge in [0.1, 0.15) is 0 Å². The molecule has 1 N–H and O–H groups in total. The van der Waals surface area contributed by atoms with Gasteiger partial charge in [-0.3, -0.25) is 4.79 Å². The summed E-state index contributed by atoms with van der Waals surface area (Å²) in [4.78, 5) is 12.2. The SMILES string of the molecule is O=C(NCCS(=O)(=O)N1CCSCC1)C1CC1c1ccccc1C(F)(F)F. The number of benzene rings is 1. The Bertz CT molecular complexity index is 793. The van der Waals surface area contributed by atoms with Crippen molar-refractivity contribution in [3.05, 3.63) is 35.4 Å². The van der Waals surface area contributed by atoms with Gasteiger partial charge < -0.3 is 5.32 Å². The van der Waals surface area contributed by atoms with Crippen molar-refractivity contribution in [2.45, 2.75) is 18.5 Å². The van der Waals surface area contributed by atoms with Crippen molar-refractivity contribution < 1.29 is 26.4 Å². The van der Waals surface area contributed by atoms with Crippen molar-refractivity contribution in [2.75, 3.05) is 36.9 Å². The molecule has 0 aromatic heterocycles. The number of carbonyl (C=O) groups excluding carboxylic acids is 1. The average Bonchev–Trinajstić information content (AvgIpc) is 3.42. The molecule has 5 nitrogen and oxygen atoms in total. The van der Waals surface area contributed by atoms with E-state index in [2.05, 4.69) is 5.32 Å². The van der Waals surface area contributed by atoms with Gasteiger partial charge in [0.15, 0.2) is 0 Å². The van der Waals surface area contributed by atoms with Crippen LogP contribution in [0.5, 0.6) is 0 Å². The quantitative estimate of drug-likeness (QED) is 0.764. The van der Waals surface area contributed by atoms with Gasteiger partial charge in [-0.25, -0.2) is 12.7 Å². The van der Waals surface area contributed by atoms with Crippen LogP contribution in [0, 0.1) is 5.92 Å². The number of alkyl halides is 3. The van der Waals surface area contributed by atoms with Crippen LogP contribution in [0.3, 0.4) is 0 Å². The first-order chi connectivity index (χ1) is 12.7. The second-order valence-electron chi connectivity index (χ2n) is 6.65. The second-order valence-corrected chi connectivity index (χ2v) is 9.97. The molecule has 1 heterocycles. The summed E-state index contributed by atoms with van der Waals surface area (Å²) >= 11 is 1.70. The molecule has 1 saturated carbocycles. The number of rotatable bonds is 6. The Hall–Kier alpha value is -1.26. The van der Waals surface area contributed by atoms with Gasteiger partial charge in [0.25, 0.3) is 0 Å². The van der Waals surface area contributed by atoms with Gasteiger partial charge in [0.05, 0.1) is 11.3 Å². The van der Waals surface area contributed by atoms with Gasteiger partial charge in [-0.1, -0.05) is 18.2 Å². The van der Waals surface area contributed by atoms with E-state index in [1.165, 1.54) is 22.5 Å². The van der Waals surface area contributed by atoms with E-state index >= 15 is 0 Å². The van der Waals surface area contributed by atoms with Crippen LogP contribution in [-0.4, -0.2) is 55.5 Å². The predicted octanol–water partition coefficient (Wildman–Crippen LogP) is 2.30. The smallest absolute Gasteiger partial charge is 0.355 e. The Morgan fingerprint density at radius 1 is 1.22 bits per heavy atom. The van der Waals surface area contributed by atoms with E-state index in [9.17, 15) is 26.4 Å². The number of carbonyl (C=O) groups is 1. The number of hydrogen-bond donors (Lipinski definition) is 1. The van der Waals surface area contributed by atoms with E-state index < -0.39 is 33.6 Å². The molecule has 1 amide bonds. The van der Waals surface area contributed by atoms with E-state index in [4.69, 9.17) is 0 Å². The van der Waals surface area contributed by atoms with E-state index in [1.54, 1.807) is 11.8 Å². The molecule has 1 aliphatic heterocycles. The molecule has 1 aromatic rings. The van der Waals surface area contributed by atoms with Crippen LogP contribution < -0.4 is 5.32 Å². The molecule has 10 heteroatoms. The zero-order chi connectivity index (χ0) is 19.7. The van der Waals surface area contributed by atoms with Gasteiger partial charge in [0, 0.05) is 37.1 Å². The normalized spacial score (nSPS) is 23.8. The fourth-order valence-electron chi connectivity index (χ4n) is 3.30. The van der Waals surface area contributed by atoms with Crippen LogP contribution in [0.2, 0.25) is 0 Å². The highest BCUT2D eigenvalue weighted by molar-refractivity contribution is 7.99. The maximum atomic E-state index is 13.1. The van der Waals surface area contributed by atoms with Crippen LogP contribution in [0.15, 0.2) is 24.3 Å². The lowest BCUT2D eigenvalue weighted by Crippen LogP contribution is -2.42. The molecular weight excluding hydrogens is 401 g/mol. The van der Waals surface area contributed by atoms with Crippen molar-refractivity contribution in [2.24, 2.45) is 5.92 Å². The molecule has 1 saturated heterocycles. The third-order valence-electron chi connectivity index (χ3n) is 4.82. The summed E-state index contributed by atoms with van der Waals surface area (Å²) in [5.74, 6) is -0.0792. The lowest BCUT2D eigenvalue weighted by molar-refractivity contribution is -0.138. The van der Waals surface area contributed by atoms with Gasteiger partial charge in [-0.05, 0) is 24.0 Å². The Morgan fingerprint density at radius 3 is 2.56 bits per heavy atom. The average molecular weight is 422 g/mol. The molecule has 1 aromatic carbocycles. The minimum Gasteiger partial charge on any atom is -0.355 e. The molecule has 150 valence electrons. The maximum absolute atomic E-state index is 13.1. The second kappa shape index (κ2) is 8.00. The number of halogens is 3. The molecule has 2 unspecified atom stereocenters. The van der Waals surface area contributed by atoms with Crippen molar-refractivity contribution >= 4 is 27.7 Å². The molecule has 2 atom stereocenters. The number of sulfonamides is 1. The summed E-state index contributed by atoms with van der Waals surface area (Å²) in [6, 6.07) is 5.28. The zero-order valence-electron chi connectivity index (χ0n) is 14.5. The third kappa shape index (κ3) is 4.97. The first kappa shape index (κ1) is 20.5. The van der Waals surface area contributed by atoms with Crippen molar-refractivity contribution in [3.8, 4) is 0 Å². The number of thioether (sulfide) groups is 1. The number of nitrogens with zero attached hydrogens (tertiary/aromatic N) is 1. The first-order valence-electron chi connectivity index (χ1n) is 8.69. The summed E-state index contributed by atoms with van der Waals surface area (Å²) in [6.45, 7) is 0.911. The lowest BCUT2D eigenvalue weighted by Gasteiger charge is -2.25. The Balaban J connectivity index is 1.53. The van der Waals surface area contributed by atoms with Crippen LogP contribution in [0.25, 0.3) is 0 Å². The van der Waals surface area contributed by atoms with E-state index in [0.29, 0.717) is 19.5 Å². The predicted molar refractivity (Wildman–Crippen MR) is 98.0 cm³/mol. The Morgan fingerprint density at radius 2 is 1.89 bits per heavy atom. The topological polar surface area (TPSA) is 66.5 Å². The molecular formula is C17H21F3N2O3S2. The summed E-state index contributed by atoms with van der Waals surface area (Å²) in [6.07, 6.45) is -4.12. The van der Waals surface area contributed by atoms with Crippen molar-refractivity contribution in [1.29, 1.82) is 0 Å². The van der Waals surface area contributed by atoms with Crippen LogP contribution >= 0.6 is 11.8 Å². The van der Waals surface area contributed by atoms with Crippen LogP contribution in [0.4, 0.5) is 13.2 Å². The minimum atomic E-state index is -4.46. The van der Waals surface area contributed by atoms with Crippen molar-refractivity contribution in [1.82, 2.24) is 9.62 Å². The fourth-order valence-corrected chi connectivity index (χ4v) is 5.79. The van der Waals surface area contributed by atoms with Gasteiger partial charge in [0.2, 0.25) is 15.9 Å². The molecule has 1 aliphatic carbocycles. The molecule has 2 aliphatic rings. The number of amides is 1. The lowest BCUT2D eigenvalue weighted by atomic mass is 10.0. The highest BCUT2D eigenvalue weighted by Crippen LogP contribution is 2.50. The van der Waals surface area contributed by atoms with Gasteiger partial charge >= 0.3 is 6.18 Å². The monoisotopic (exact) mass is 422 g/mol. The Labute approximate surface area is 160 Å². The molecule has 0 spiro atoms. The van der Waals surface area contributed by atoms with Crippen LogP contribution in [-0.2, 0) is 21.0 Å². The molecule has 2 fully saturated rings.